The van der Waals surface area contributed by atoms with Crippen LogP contribution in [0.5, 0.6) is 0 Å². The topological polar surface area (TPSA) is 24.9 Å². The largest absolute Gasteiger partial charge is 0.381 e. The summed E-state index contributed by atoms with van der Waals surface area (Å²) in [6.07, 6.45) is 5.16. The Morgan fingerprint density at radius 2 is 2.12 bits per heavy atom. The first-order valence-corrected chi connectivity index (χ1v) is 7.33. The average molecular weight is 246 g/mol. The van der Waals surface area contributed by atoms with Gasteiger partial charge in [-0.1, -0.05) is 25.1 Å². The number of hydrogen-bond donors (Lipinski definition) is 1. The highest BCUT2D eigenvalue weighted by Crippen LogP contribution is 2.22. The van der Waals surface area contributed by atoms with E-state index in [4.69, 9.17) is 0 Å². The molecule has 0 saturated carbocycles. The fourth-order valence-electron chi connectivity index (χ4n) is 1.90. The summed E-state index contributed by atoms with van der Waals surface area (Å²) in [6.45, 7) is 2.22. The Kier molecular flexibility index (Phi) is 4.26. The van der Waals surface area contributed by atoms with E-state index in [9.17, 15) is 0 Å². The average Bonchev–Trinajstić information content (AvgIpc) is 2.38. The molecule has 17 heavy (non-hydrogen) atoms. The van der Waals surface area contributed by atoms with Crippen LogP contribution in [0.15, 0.2) is 36.5 Å². The molecule has 2 nitrogen and oxygen atoms in total. The molecule has 1 heterocycles. The van der Waals surface area contributed by atoms with Crippen molar-refractivity contribution in [2.45, 2.75) is 19.4 Å². The highest BCUT2D eigenvalue weighted by Gasteiger charge is 2.07. The maximum absolute atomic E-state index is 4.38. The van der Waals surface area contributed by atoms with Gasteiger partial charge in [-0.05, 0) is 24.8 Å². The molecule has 0 aliphatic heterocycles. The minimum Gasteiger partial charge on any atom is -0.381 e. The van der Waals surface area contributed by atoms with Crippen LogP contribution in [0, 0.1) is 0 Å². The molecule has 3 heteroatoms. The summed E-state index contributed by atoms with van der Waals surface area (Å²) in [7, 11) is 0. The molecule has 0 bridgehead atoms. The molecule has 0 spiro atoms. The van der Waals surface area contributed by atoms with Gasteiger partial charge >= 0.3 is 0 Å². The highest BCUT2D eigenvalue weighted by atomic mass is 32.2. The van der Waals surface area contributed by atoms with E-state index in [1.54, 1.807) is 0 Å². The molecule has 1 aromatic heterocycles. The van der Waals surface area contributed by atoms with E-state index in [0.717, 1.165) is 17.7 Å². The van der Waals surface area contributed by atoms with Gasteiger partial charge in [-0.15, -0.1) is 0 Å². The lowest BCUT2D eigenvalue weighted by molar-refractivity contribution is 0.776. The van der Waals surface area contributed by atoms with Crippen LogP contribution in [0.1, 0.15) is 13.3 Å². The molecule has 1 aromatic carbocycles. The van der Waals surface area contributed by atoms with Gasteiger partial charge in [0.1, 0.15) is 0 Å². The maximum Gasteiger partial charge on any atom is 0.0722 e. The molecular formula is C14H18N2S. The van der Waals surface area contributed by atoms with Crippen LogP contribution in [-0.4, -0.2) is 23.0 Å². The minimum absolute atomic E-state index is 0.524. The van der Waals surface area contributed by atoms with Gasteiger partial charge in [-0.3, -0.25) is 4.98 Å². The number of fused-ring (bicyclic) bond motifs is 1. The summed E-state index contributed by atoms with van der Waals surface area (Å²) >= 11 is 1.88. The zero-order valence-corrected chi connectivity index (χ0v) is 11.1. The summed E-state index contributed by atoms with van der Waals surface area (Å²) in [5.41, 5.74) is 2.24. The Balaban J connectivity index is 2.28. The van der Waals surface area contributed by atoms with Crippen LogP contribution in [-0.2, 0) is 0 Å². The first-order valence-electron chi connectivity index (χ1n) is 5.94. The number of nitrogens with zero attached hydrogens (tertiary/aromatic N) is 1. The van der Waals surface area contributed by atoms with Gasteiger partial charge in [0.25, 0.3) is 0 Å². The third-order valence-corrected chi connectivity index (χ3v) is 3.61. The second kappa shape index (κ2) is 5.92. The van der Waals surface area contributed by atoms with E-state index in [0.29, 0.717) is 6.04 Å². The maximum atomic E-state index is 4.38. The molecule has 1 unspecified atom stereocenters. The molecule has 1 N–H and O–H groups in total. The lowest BCUT2D eigenvalue weighted by Gasteiger charge is -2.18. The van der Waals surface area contributed by atoms with Crippen molar-refractivity contribution in [2.24, 2.45) is 0 Å². The van der Waals surface area contributed by atoms with Crippen molar-refractivity contribution in [3.63, 3.8) is 0 Å². The number of thioether (sulfide) groups is 1. The lowest BCUT2D eigenvalue weighted by atomic mass is 10.1. The Hall–Kier alpha value is -1.22. The van der Waals surface area contributed by atoms with Crippen LogP contribution in [0.3, 0.4) is 0 Å². The molecule has 0 saturated heterocycles. The van der Waals surface area contributed by atoms with E-state index in [1.165, 1.54) is 11.1 Å². The Morgan fingerprint density at radius 1 is 1.29 bits per heavy atom. The molecule has 0 aliphatic rings. The molecule has 0 fully saturated rings. The van der Waals surface area contributed by atoms with Crippen LogP contribution in [0.2, 0.25) is 0 Å². The molecule has 0 amide bonds. The van der Waals surface area contributed by atoms with Crippen molar-refractivity contribution < 1.29 is 0 Å². The quantitative estimate of drug-likeness (QED) is 0.869. The third-order valence-electron chi connectivity index (χ3n) is 2.87. The lowest BCUT2D eigenvalue weighted by Crippen LogP contribution is -2.21. The first-order chi connectivity index (χ1) is 8.35. The van der Waals surface area contributed by atoms with Crippen LogP contribution < -0.4 is 5.32 Å². The Labute approximate surface area is 107 Å². The second-order valence-corrected chi connectivity index (χ2v) is 4.99. The summed E-state index contributed by atoms with van der Waals surface area (Å²) in [4.78, 5) is 4.38. The van der Waals surface area contributed by atoms with E-state index < -0.39 is 0 Å². The van der Waals surface area contributed by atoms with Crippen molar-refractivity contribution in [1.82, 2.24) is 4.98 Å². The van der Waals surface area contributed by atoms with Crippen LogP contribution >= 0.6 is 11.8 Å². The minimum atomic E-state index is 0.524. The SMILES string of the molecule is CCC(CSC)Nc1ccnc2ccccc12. The molecule has 2 rings (SSSR count). The number of benzene rings is 1. The predicted molar refractivity (Wildman–Crippen MR) is 77.8 cm³/mol. The molecule has 2 aromatic rings. The molecular weight excluding hydrogens is 228 g/mol. The van der Waals surface area contributed by atoms with Gasteiger partial charge in [0.2, 0.25) is 0 Å². The van der Waals surface area contributed by atoms with Crippen LogP contribution in [0.4, 0.5) is 5.69 Å². The van der Waals surface area contributed by atoms with E-state index in [2.05, 4.69) is 47.7 Å². The summed E-state index contributed by atoms with van der Waals surface area (Å²) in [6, 6.07) is 10.8. The summed E-state index contributed by atoms with van der Waals surface area (Å²) in [5.74, 6) is 1.13. The van der Waals surface area contributed by atoms with E-state index >= 15 is 0 Å². The van der Waals surface area contributed by atoms with Crippen molar-refractivity contribution in [1.29, 1.82) is 0 Å². The number of hydrogen-bond acceptors (Lipinski definition) is 3. The van der Waals surface area contributed by atoms with E-state index in [1.807, 2.05) is 24.0 Å². The van der Waals surface area contributed by atoms with Gasteiger partial charge in [-0.25, -0.2) is 0 Å². The van der Waals surface area contributed by atoms with E-state index in [-0.39, 0.29) is 0 Å². The normalized spacial score (nSPS) is 12.6. The zero-order chi connectivity index (χ0) is 12.1. The number of aromatic nitrogens is 1. The van der Waals surface area contributed by atoms with Gasteiger partial charge in [0, 0.05) is 29.1 Å². The molecule has 0 aliphatic carbocycles. The zero-order valence-electron chi connectivity index (χ0n) is 10.3. The van der Waals surface area contributed by atoms with Crippen molar-refractivity contribution in [3.05, 3.63) is 36.5 Å². The highest BCUT2D eigenvalue weighted by molar-refractivity contribution is 7.98. The summed E-state index contributed by atoms with van der Waals surface area (Å²) in [5, 5.41) is 4.82. The van der Waals surface area contributed by atoms with Gasteiger partial charge < -0.3 is 5.32 Å². The molecule has 0 radical (unpaired) electrons. The fraction of sp³-hybridized carbons (Fsp3) is 0.357. The standard InChI is InChI=1S/C14H18N2S/c1-3-11(10-17-2)16-14-8-9-15-13-7-5-4-6-12(13)14/h4-9,11H,3,10H2,1-2H3,(H,15,16). The second-order valence-electron chi connectivity index (χ2n) is 4.08. The third kappa shape index (κ3) is 2.91. The monoisotopic (exact) mass is 246 g/mol. The van der Waals surface area contributed by atoms with Gasteiger partial charge in [0.15, 0.2) is 0 Å². The number of rotatable bonds is 5. The smallest absolute Gasteiger partial charge is 0.0722 e. The van der Waals surface area contributed by atoms with Crippen molar-refractivity contribution in [2.75, 3.05) is 17.3 Å². The molecule has 1 atom stereocenters. The van der Waals surface area contributed by atoms with Gasteiger partial charge in [0.05, 0.1) is 5.52 Å². The predicted octanol–water partition coefficient (Wildman–Crippen LogP) is 3.79. The fourth-order valence-corrected chi connectivity index (χ4v) is 2.63. The number of nitrogens with one attached hydrogen (secondary N) is 1. The van der Waals surface area contributed by atoms with Crippen molar-refractivity contribution >= 4 is 28.4 Å². The number of anilines is 1. The first kappa shape index (κ1) is 12.2. The number of para-hydroxylation sites is 1. The Bertz CT molecular complexity index is 479. The summed E-state index contributed by atoms with van der Waals surface area (Å²) < 4.78 is 0. The van der Waals surface area contributed by atoms with Crippen LogP contribution in [0.25, 0.3) is 10.9 Å². The Morgan fingerprint density at radius 3 is 2.88 bits per heavy atom. The molecule has 90 valence electrons. The van der Waals surface area contributed by atoms with Gasteiger partial charge in [-0.2, -0.15) is 11.8 Å². The van der Waals surface area contributed by atoms with Crippen molar-refractivity contribution in [3.8, 4) is 0 Å². The number of pyridine rings is 1.